The summed E-state index contributed by atoms with van der Waals surface area (Å²) in [4.78, 5) is 4.65. The number of hydrogen-bond acceptors (Lipinski definition) is 4. The van der Waals surface area contributed by atoms with Gasteiger partial charge >= 0.3 is 0 Å². The van der Waals surface area contributed by atoms with Gasteiger partial charge in [-0.15, -0.1) is 0 Å². The number of benzene rings is 1. The van der Waals surface area contributed by atoms with Crippen LogP contribution in [0.15, 0.2) is 22.9 Å². The maximum Gasteiger partial charge on any atom is 0.231 e. The molecular weight excluding hydrogens is 322 g/mol. The van der Waals surface area contributed by atoms with Gasteiger partial charge in [-0.25, -0.2) is 4.98 Å². The molecule has 3 heterocycles. The maximum atomic E-state index is 6.09. The predicted octanol–water partition coefficient (Wildman–Crippen LogP) is 2.31. The minimum Gasteiger partial charge on any atom is -0.454 e. The third kappa shape index (κ3) is 1.83. The SMILES string of the molecule is NC1CCn2c(Br)nc(-c3ccc4c(c3)OCO4)c2C1. The van der Waals surface area contributed by atoms with Crippen molar-refractivity contribution in [1.29, 1.82) is 0 Å². The molecule has 1 atom stereocenters. The molecule has 2 aromatic rings. The Morgan fingerprint density at radius 1 is 1.30 bits per heavy atom. The van der Waals surface area contributed by atoms with E-state index in [1.54, 1.807) is 0 Å². The highest BCUT2D eigenvalue weighted by molar-refractivity contribution is 9.10. The molecule has 0 aliphatic carbocycles. The quantitative estimate of drug-likeness (QED) is 0.868. The minimum absolute atomic E-state index is 0.207. The van der Waals surface area contributed by atoms with Crippen LogP contribution in [0, 0.1) is 0 Å². The second-order valence-electron chi connectivity index (χ2n) is 5.15. The van der Waals surface area contributed by atoms with Crippen molar-refractivity contribution in [3.63, 3.8) is 0 Å². The number of fused-ring (bicyclic) bond motifs is 2. The van der Waals surface area contributed by atoms with Gasteiger partial charge in [-0.1, -0.05) is 0 Å². The second kappa shape index (κ2) is 4.49. The Morgan fingerprint density at radius 3 is 3.05 bits per heavy atom. The van der Waals surface area contributed by atoms with E-state index in [0.717, 1.165) is 46.9 Å². The molecule has 1 aromatic carbocycles. The molecule has 0 spiro atoms. The molecule has 0 saturated heterocycles. The van der Waals surface area contributed by atoms with Gasteiger partial charge in [-0.2, -0.15) is 0 Å². The molecule has 1 unspecified atom stereocenters. The molecule has 0 saturated carbocycles. The van der Waals surface area contributed by atoms with Crippen molar-refractivity contribution >= 4 is 15.9 Å². The summed E-state index contributed by atoms with van der Waals surface area (Å²) in [7, 11) is 0. The summed E-state index contributed by atoms with van der Waals surface area (Å²) < 4.78 is 13.9. The summed E-state index contributed by atoms with van der Waals surface area (Å²) >= 11 is 3.54. The van der Waals surface area contributed by atoms with Crippen LogP contribution in [0.25, 0.3) is 11.3 Å². The van der Waals surface area contributed by atoms with Crippen LogP contribution in [0.4, 0.5) is 0 Å². The molecule has 0 bridgehead atoms. The molecule has 5 nitrogen and oxygen atoms in total. The Morgan fingerprint density at radius 2 is 2.15 bits per heavy atom. The fourth-order valence-electron chi connectivity index (χ4n) is 2.81. The zero-order valence-corrected chi connectivity index (χ0v) is 12.4. The van der Waals surface area contributed by atoms with E-state index >= 15 is 0 Å². The van der Waals surface area contributed by atoms with Crippen molar-refractivity contribution in [3.8, 4) is 22.8 Å². The van der Waals surface area contributed by atoms with Gasteiger partial charge in [0, 0.05) is 30.3 Å². The van der Waals surface area contributed by atoms with E-state index in [-0.39, 0.29) is 12.8 Å². The average Bonchev–Trinajstić information content (AvgIpc) is 3.02. The molecule has 0 fully saturated rings. The van der Waals surface area contributed by atoms with Crippen molar-refractivity contribution in [2.45, 2.75) is 25.4 Å². The first kappa shape index (κ1) is 12.2. The molecular formula is C14H14BrN3O2. The third-order valence-electron chi connectivity index (χ3n) is 3.85. The molecule has 6 heteroatoms. The number of nitrogens with zero attached hydrogens (tertiary/aromatic N) is 2. The van der Waals surface area contributed by atoms with Crippen LogP contribution in [0.1, 0.15) is 12.1 Å². The number of rotatable bonds is 1. The van der Waals surface area contributed by atoms with Crippen molar-refractivity contribution in [2.24, 2.45) is 5.73 Å². The van der Waals surface area contributed by atoms with E-state index in [9.17, 15) is 0 Å². The van der Waals surface area contributed by atoms with Crippen LogP contribution in [-0.4, -0.2) is 22.4 Å². The number of ether oxygens (including phenoxy) is 2. The van der Waals surface area contributed by atoms with Crippen LogP contribution < -0.4 is 15.2 Å². The number of halogens is 1. The van der Waals surface area contributed by atoms with Gasteiger partial charge in [0.05, 0.1) is 5.69 Å². The summed E-state index contributed by atoms with van der Waals surface area (Å²) in [6.07, 6.45) is 1.84. The minimum atomic E-state index is 0.207. The fourth-order valence-corrected chi connectivity index (χ4v) is 3.38. The Labute approximate surface area is 124 Å². The van der Waals surface area contributed by atoms with Crippen molar-refractivity contribution in [2.75, 3.05) is 6.79 Å². The second-order valence-corrected chi connectivity index (χ2v) is 5.86. The summed E-state index contributed by atoms with van der Waals surface area (Å²) in [6.45, 7) is 1.20. The van der Waals surface area contributed by atoms with Gasteiger partial charge < -0.3 is 19.8 Å². The highest BCUT2D eigenvalue weighted by Gasteiger charge is 2.24. The van der Waals surface area contributed by atoms with Gasteiger partial charge in [0.15, 0.2) is 16.2 Å². The first-order valence-corrected chi connectivity index (χ1v) is 7.42. The van der Waals surface area contributed by atoms with Crippen molar-refractivity contribution < 1.29 is 9.47 Å². The summed E-state index contributed by atoms with van der Waals surface area (Å²) in [5, 5.41) is 0. The Kier molecular flexibility index (Phi) is 2.75. The number of hydrogen-bond donors (Lipinski definition) is 1. The molecule has 20 heavy (non-hydrogen) atoms. The zero-order valence-electron chi connectivity index (χ0n) is 10.8. The summed E-state index contributed by atoms with van der Waals surface area (Å²) in [5.41, 5.74) is 9.30. The normalized spacial score (nSPS) is 20.0. The molecule has 2 aliphatic rings. The Balaban J connectivity index is 1.83. The highest BCUT2D eigenvalue weighted by Crippen LogP contribution is 2.38. The first-order valence-electron chi connectivity index (χ1n) is 6.63. The van der Waals surface area contributed by atoms with E-state index in [2.05, 4.69) is 25.5 Å². The maximum absolute atomic E-state index is 6.09. The van der Waals surface area contributed by atoms with Gasteiger partial charge in [0.25, 0.3) is 0 Å². The topological polar surface area (TPSA) is 62.3 Å². The van der Waals surface area contributed by atoms with Crippen LogP contribution in [0.3, 0.4) is 0 Å². The number of imidazole rings is 1. The smallest absolute Gasteiger partial charge is 0.231 e. The largest absolute Gasteiger partial charge is 0.454 e. The lowest BCUT2D eigenvalue weighted by Crippen LogP contribution is -2.30. The fraction of sp³-hybridized carbons (Fsp3) is 0.357. The van der Waals surface area contributed by atoms with Gasteiger partial charge in [-0.3, -0.25) is 0 Å². The standard InChI is InChI=1S/C14H14BrN3O2/c15-14-17-13(10-6-9(16)3-4-18(10)14)8-1-2-11-12(5-8)20-7-19-11/h1-2,5,9H,3-4,6-7,16H2. The Hall–Kier alpha value is -1.53. The van der Waals surface area contributed by atoms with Crippen molar-refractivity contribution in [1.82, 2.24) is 9.55 Å². The van der Waals surface area contributed by atoms with Crippen molar-refractivity contribution in [3.05, 3.63) is 28.6 Å². The third-order valence-corrected chi connectivity index (χ3v) is 4.46. The van der Waals surface area contributed by atoms with E-state index in [1.165, 1.54) is 5.69 Å². The molecule has 2 N–H and O–H groups in total. The highest BCUT2D eigenvalue weighted by atomic mass is 79.9. The van der Waals surface area contributed by atoms with E-state index < -0.39 is 0 Å². The molecule has 2 aliphatic heterocycles. The molecule has 0 radical (unpaired) electrons. The van der Waals surface area contributed by atoms with E-state index in [4.69, 9.17) is 15.2 Å². The van der Waals surface area contributed by atoms with Crippen LogP contribution in [-0.2, 0) is 13.0 Å². The van der Waals surface area contributed by atoms with Gasteiger partial charge in [0.1, 0.15) is 0 Å². The summed E-state index contributed by atoms with van der Waals surface area (Å²) in [6, 6.07) is 6.14. The first-order chi connectivity index (χ1) is 9.72. The molecule has 0 amide bonds. The van der Waals surface area contributed by atoms with Crippen LogP contribution in [0.2, 0.25) is 0 Å². The van der Waals surface area contributed by atoms with Gasteiger partial charge in [0.2, 0.25) is 6.79 Å². The van der Waals surface area contributed by atoms with E-state index in [1.807, 2.05) is 18.2 Å². The van der Waals surface area contributed by atoms with Crippen LogP contribution >= 0.6 is 15.9 Å². The number of nitrogens with two attached hydrogens (primary N) is 1. The molecule has 1 aromatic heterocycles. The Bertz CT molecular complexity index is 683. The summed E-state index contributed by atoms with van der Waals surface area (Å²) in [5.74, 6) is 1.57. The monoisotopic (exact) mass is 335 g/mol. The lowest BCUT2D eigenvalue weighted by molar-refractivity contribution is 0.174. The number of aromatic nitrogens is 2. The average molecular weight is 336 g/mol. The zero-order chi connectivity index (χ0) is 13.7. The predicted molar refractivity (Wildman–Crippen MR) is 77.8 cm³/mol. The molecule has 104 valence electrons. The molecule has 4 rings (SSSR count). The van der Waals surface area contributed by atoms with Gasteiger partial charge in [-0.05, 0) is 40.5 Å². The van der Waals surface area contributed by atoms with Crippen LogP contribution in [0.5, 0.6) is 11.5 Å². The lowest BCUT2D eigenvalue weighted by Gasteiger charge is -2.21. The van der Waals surface area contributed by atoms with E-state index in [0.29, 0.717) is 0 Å². The lowest BCUT2D eigenvalue weighted by atomic mass is 10.0.